The van der Waals surface area contributed by atoms with Crippen LogP contribution in [0.2, 0.25) is 5.02 Å². The number of rotatable bonds is 7. The lowest BCUT2D eigenvalue weighted by atomic mass is 10.1. The molecule has 2 aromatic carbocycles. The summed E-state index contributed by atoms with van der Waals surface area (Å²) in [5, 5.41) is 6.62. The van der Waals surface area contributed by atoms with Gasteiger partial charge in [0.25, 0.3) is 0 Å². The number of amides is 1. The Labute approximate surface area is 183 Å². The summed E-state index contributed by atoms with van der Waals surface area (Å²) in [7, 11) is 0. The number of nitrogens with zero attached hydrogens (tertiary/aromatic N) is 2. The molecule has 0 saturated carbocycles. The predicted molar refractivity (Wildman–Crippen MR) is 118 cm³/mol. The fourth-order valence-electron chi connectivity index (χ4n) is 3.21. The van der Waals surface area contributed by atoms with Crippen molar-refractivity contribution in [2.24, 2.45) is 0 Å². The van der Waals surface area contributed by atoms with Gasteiger partial charge in [-0.1, -0.05) is 17.7 Å². The molecule has 4 rings (SSSR count). The van der Waals surface area contributed by atoms with Crippen LogP contribution in [0.1, 0.15) is 12.8 Å². The fourth-order valence-corrected chi connectivity index (χ4v) is 3.39. The predicted octanol–water partition coefficient (Wildman–Crippen LogP) is 4.85. The number of hydrogen-bond donors (Lipinski definition) is 2. The minimum atomic E-state index is -0.510. The monoisotopic (exact) mass is 442 g/mol. The van der Waals surface area contributed by atoms with Crippen LogP contribution in [0.15, 0.2) is 49.3 Å². The second-order valence-corrected chi connectivity index (χ2v) is 7.39. The third-order valence-corrected chi connectivity index (χ3v) is 4.99. The standard InChI is InChI=1S/C22H20ClFN4O3/c1-2-3-21(29)28-19-9-15-18(10-20(19)31-14-6-7-30-11-14)25-12-26-22(15)27-13-4-5-17(24)16(23)8-13/h2,4-5,8-10,12,14H,1,3,6-7,11H2,(H,28,29)(H,25,26,27). The Bertz CT molecular complexity index is 1140. The number of carbonyl (C=O) groups is 1. The van der Waals surface area contributed by atoms with Crippen LogP contribution in [-0.4, -0.2) is 35.2 Å². The number of benzene rings is 2. The van der Waals surface area contributed by atoms with Crippen LogP contribution in [0, 0.1) is 5.82 Å². The van der Waals surface area contributed by atoms with Gasteiger partial charge in [0, 0.05) is 30.0 Å². The van der Waals surface area contributed by atoms with Crippen molar-refractivity contribution in [2.75, 3.05) is 23.8 Å². The van der Waals surface area contributed by atoms with Gasteiger partial charge in [0.1, 0.15) is 29.8 Å². The first kappa shape index (κ1) is 21.0. The molecule has 2 N–H and O–H groups in total. The molecule has 2 heterocycles. The number of fused-ring (bicyclic) bond motifs is 1. The van der Waals surface area contributed by atoms with Crippen LogP contribution < -0.4 is 15.4 Å². The number of nitrogens with one attached hydrogen (secondary N) is 2. The Morgan fingerprint density at radius 3 is 2.97 bits per heavy atom. The maximum absolute atomic E-state index is 13.5. The first-order chi connectivity index (χ1) is 15.0. The zero-order valence-corrected chi connectivity index (χ0v) is 17.3. The first-order valence-electron chi connectivity index (χ1n) is 9.69. The van der Waals surface area contributed by atoms with Crippen LogP contribution in [0.5, 0.6) is 5.75 Å². The molecule has 1 fully saturated rings. The largest absolute Gasteiger partial charge is 0.486 e. The molecule has 0 bridgehead atoms. The highest BCUT2D eigenvalue weighted by atomic mass is 35.5. The van der Waals surface area contributed by atoms with Crippen LogP contribution in [-0.2, 0) is 9.53 Å². The van der Waals surface area contributed by atoms with Crippen LogP contribution >= 0.6 is 11.6 Å². The van der Waals surface area contributed by atoms with Crippen molar-refractivity contribution >= 4 is 45.6 Å². The van der Waals surface area contributed by atoms with Gasteiger partial charge in [-0.05, 0) is 24.3 Å². The second kappa shape index (κ2) is 9.28. The Morgan fingerprint density at radius 2 is 2.23 bits per heavy atom. The number of aromatic nitrogens is 2. The molecule has 3 aromatic rings. The molecule has 1 amide bonds. The SMILES string of the molecule is C=CCC(=O)Nc1cc2c(Nc3ccc(F)c(Cl)c3)ncnc2cc1OC1CCOC1. The highest BCUT2D eigenvalue weighted by Crippen LogP contribution is 2.35. The third kappa shape index (κ3) is 4.92. The van der Waals surface area contributed by atoms with Gasteiger partial charge in [-0.2, -0.15) is 0 Å². The maximum atomic E-state index is 13.5. The molecule has 9 heteroatoms. The van der Waals surface area contributed by atoms with Gasteiger partial charge in [-0.15, -0.1) is 6.58 Å². The van der Waals surface area contributed by atoms with E-state index in [4.69, 9.17) is 21.1 Å². The van der Waals surface area contributed by atoms with Crippen molar-refractivity contribution in [3.05, 3.63) is 60.2 Å². The van der Waals surface area contributed by atoms with Crippen LogP contribution in [0.25, 0.3) is 10.9 Å². The number of carbonyl (C=O) groups excluding carboxylic acids is 1. The van der Waals surface area contributed by atoms with Crippen molar-refractivity contribution in [2.45, 2.75) is 18.9 Å². The molecular weight excluding hydrogens is 423 g/mol. The molecule has 31 heavy (non-hydrogen) atoms. The van der Waals surface area contributed by atoms with E-state index in [9.17, 15) is 9.18 Å². The molecule has 7 nitrogen and oxygen atoms in total. The highest BCUT2D eigenvalue weighted by Gasteiger charge is 2.21. The van der Waals surface area contributed by atoms with Gasteiger partial charge in [-0.25, -0.2) is 14.4 Å². The van der Waals surface area contributed by atoms with E-state index < -0.39 is 5.82 Å². The first-order valence-corrected chi connectivity index (χ1v) is 10.1. The summed E-state index contributed by atoms with van der Waals surface area (Å²) in [6.07, 6.45) is 3.76. The average molecular weight is 443 g/mol. The Morgan fingerprint density at radius 1 is 1.35 bits per heavy atom. The lowest BCUT2D eigenvalue weighted by molar-refractivity contribution is -0.115. The van der Waals surface area contributed by atoms with Crippen molar-refractivity contribution in [1.29, 1.82) is 0 Å². The summed E-state index contributed by atoms with van der Waals surface area (Å²) in [6.45, 7) is 4.71. The smallest absolute Gasteiger partial charge is 0.228 e. The van der Waals surface area contributed by atoms with Gasteiger partial charge >= 0.3 is 0 Å². The normalized spacial score (nSPS) is 15.6. The van der Waals surface area contributed by atoms with E-state index >= 15 is 0 Å². The van der Waals surface area contributed by atoms with Crippen molar-refractivity contribution in [1.82, 2.24) is 9.97 Å². The lowest BCUT2D eigenvalue weighted by Gasteiger charge is -2.18. The molecule has 0 aliphatic carbocycles. The Balaban J connectivity index is 1.73. The Kier molecular flexibility index (Phi) is 6.29. The molecule has 1 unspecified atom stereocenters. The number of ether oxygens (including phenoxy) is 2. The maximum Gasteiger partial charge on any atom is 0.228 e. The molecule has 1 aromatic heterocycles. The number of halogens is 2. The van der Waals surface area contributed by atoms with Gasteiger partial charge in [0.2, 0.25) is 5.91 Å². The van der Waals surface area contributed by atoms with Crippen molar-refractivity contribution < 1.29 is 18.7 Å². The van der Waals surface area contributed by atoms with E-state index in [0.717, 1.165) is 6.42 Å². The summed E-state index contributed by atoms with van der Waals surface area (Å²) in [4.78, 5) is 20.8. The van der Waals surface area contributed by atoms with Gasteiger partial charge in [0.05, 0.1) is 29.4 Å². The summed E-state index contributed by atoms with van der Waals surface area (Å²) in [5.41, 5.74) is 1.66. The highest BCUT2D eigenvalue weighted by molar-refractivity contribution is 6.31. The second-order valence-electron chi connectivity index (χ2n) is 6.99. The van der Waals surface area contributed by atoms with Crippen LogP contribution in [0.4, 0.5) is 21.6 Å². The number of anilines is 3. The van der Waals surface area contributed by atoms with E-state index in [2.05, 4.69) is 27.2 Å². The summed E-state index contributed by atoms with van der Waals surface area (Å²) < 4.78 is 24.9. The molecule has 160 valence electrons. The van der Waals surface area contributed by atoms with E-state index in [1.165, 1.54) is 24.5 Å². The number of hydrogen-bond acceptors (Lipinski definition) is 6. The van der Waals surface area contributed by atoms with E-state index in [1.807, 2.05) is 0 Å². The molecule has 0 spiro atoms. The molecule has 1 aliphatic heterocycles. The zero-order valence-electron chi connectivity index (χ0n) is 16.5. The molecule has 1 aliphatic rings. The van der Waals surface area contributed by atoms with Gasteiger partial charge in [0.15, 0.2) is 0 Å². The molecular formula is C22H20ClFN4O3. The van der Waals surface area contributed by atoms with Crippen molar-refractivity contribution in [3.8, 4) is 5.75 Å². The topological polar surface area (TPSA) is 85.4 Å². The van der Waals surface area contributed by atoms with Gasteiger partial charge in [-0.3, -0.25) is 4.79 Å². The fraction of sp³-hybridized carbons (Fsp3) is 0.227. The van der Waals surface area contributed by atoms with E-state index in [0.29, 0.717) is 47.1 Å². The summed E-state index contributed by atoms with van der Waals surface area (Å²) in [6, 6.07) is 7.79. The lowest BCUT2D eigenvalue weighted by Crippen LogP contribution is -2.18. The Hall–Kier alpha value is -3.23. The van der Waals surface area contributed by atoms with Gasteiger partial charge < -0.3 is 20.1 Å². The summed E-state index contributed by atoms with van der Waals surface area (Å²) >= 11 is 5.88. The minimum absolute atomic E-state index is 0.00444. The molecule has 1 saturated heterocycles. The molecule has 0 radical (unpaired) electrons. The molecule has 1 atom stereocenters. The van der Waals surface area contributed by atoms with Crippen molar-refractivity contribution in [3.63, 3.8) is 0 Å². The zero-order chi connectivity index (χ0) is 21.8. The van der Waals surface area contributed by atoms with Crippen LogP contribution in [0.3, 0.4) is 0 Å². The van der Waals surface area contributed by atoms with E-state index in [1.54, 1.807) is 18.2 Å². The quantitative estimate of drug-likeness (QED) is 0.509. The summed E-state index contributed by atoms with van der Waals surface area (Å²) in [5.74, 6) is 0.237. The average Bonchev–Trinajstić information content (AvgIpc) is 3.25. The van der Waals surface area contributed by atoms with E-state index in [-0.39, 0.29) is 23.5 Å². The third-order valence-electron chi connectivity index (χ3n) is 4.70. The minimum Gasteiger partial charge on any atom is -0.486 e.